The number of carbonyl (C=O) groups excluding carboxylic acids is 1. The van der Waals surface area contributed by atoms with Crippen LogP contribution in [0.15, 0.2) is 59.5 Å². The molecule has 3 aromatic rings. The van der Waals surface area contributed by atoms with Crippen molar-refractivity contribution in [1.29, 1.82) is 0 Å². The zero-order chi connectivity index (χ0) is 21.8. The van der Waals surface area contributed by atoms with E-state index in [2.05, 4.69) is 25.6 Å². The molecule has 1 N–H and O–H groups in total. The molecule has 1 fully saturated rings. The van der Waals surface area contributed by atoms with Crippen molar-refractivity contribution < 1.29 is 13.2 Å². The number of benzene rings is 2. The van der Waals surface area contributed by atoms with Gasteiger partial charge in [0.05, 0.1) is 4.90 Å². The minimum atomic E-state index is -3.54. The van der Waals surface area contributed by atoms with Crippen molar-refractivity contribution >= 4 is 21.6 Å². The molecule has 1 aliphatic rings. The smallest absolute Gasteiger partial charge is 0.248 e. The van der Waals surface area contributed by atoms with Gasteiger partial charge in [0.15, 0.2) is 0 Å². The van der Waals surface area contributed by atoms with Gasteiger partial charge in [0.2, 0.25) is 21.8 Å². The lowest BCUT2D eigenvalue weighted by Gasteiger charge is -2.31. The monoisotopic (exact) mass is 441 g/mol. The summed E-state index contributed by atoms with van der Waals surface area (Å²) in [7, 11) is -1.57. The van der Waals surface area contributed by atoms with Gasteiger partial charge in [0, 0.05) is 37.4 Å². The van der Waals surface area contributed by atoms with Crippen molar-refractivity contribution in [1.82, 2.24) is 29.4 Å². The number of tetrazole rings is 1. The van der Waals surface area contributed by atoms with Gasteiger partial charge >= 0.3 is 0 Å². The maximum atomic E-state index is 12.8. The van der Waals surface area contributed by atoms with E-state index in [4.69, 9.17) is 0 Å². The zero-order valence-electron chi connectivity index (χ0n) is 17.0. The predicted molar refractivity (Wildman–Crippen MR) is 115 cm³/mol. The first-order valence-electron chi connectivity index (χ1n) is 9.84. The topological polar surface area (TPSA) is 113 Å². The number of likely N-dealkylation sites (N-methyl/N-ethyl adjacent to an activating group) is 1. The van der Waals surface area contributed by atoms with Crippen molar-refractivity contribution in [3.63, 3.8) is 0 Å². The van der Waals surface area contributed by atoms with Gasteiger partial charge in [-0.05, 0) is 36.5 Å². The number of piperazine rings is 1. The van der Waals surface area contributed by atoms with E-state index in [0.29, 0.717) is 37.7 Å². The Morgan fingerprint density at radius 1 is 1.00 bits per heavy atom. The second-order valence-corrected chi connectivity index (χ2v) is 9.23. The summed E-state index contributed by atoms with van der Waals surface area (Å²) in [6.45, 7) is 2.23. The van der Waals surface area contributed by atoms with E-state index < -0.39 is 10.0 Å². The van der Waals surface area contributed by atoms with Crippen LogP contribution in [0.25, 0.3) is 11.4 Å². The van der Waals surface area contributed by atoms with E-state index in [0.717, 1.165) is 5.56 Å². The van der Waals surface area contributed by atoms with Crippen LogP contribution in [0.4, 0.5) is 5.69 Å². The van der Waals surface area contributed by atoms with Crippen molar-refractivity contribution in [3.05, 3.63) is 54.6 Å². The minimum Gasteiger partial charge on any atom is -0.324 e. The highest BCUT2D eigenvalue weighted by Crippen LogP contribution is 2.20. The van der Waals surface area contributed by atoms with Gasteiger partial charge < -0.3 is 10.2 Å². The number of carbonyl (C=O) groups is 1. The largest absolute Gasteiger partial charge is 0.324 e. The van der Waals surface area contributed by atoms with Crippen LogP contribution < -0.4 is 5.32 Å². The van der Waals surface area contributed by atoms with Crippen molar-refractivity contribution in [2.24, 2.45) is 0 Å². The molecule has 1 amide bonds. The average molecular weight is 442 g/mol. The molecule has 11 heteroatoms. The van der Waals surface area contributed by atoms with Crippen LogP contribution >= 0.6 is 0 Å². The molecule has 0 atom stereocenters. The van der Waals surface area contributed by atoms with Gasteiger partial charge in [-0.1, -0.05) is 30.3 Å². The lowest BCUT2D eigenvalue weighted by Crippen LogP contribution is -2.46. The van der Waals surface area contributed by atoms with Crippen LogP contribution in [0.2, 0.25) is 0 Å². The molecule has 0 bridgehead atoms. The Morgan fingerprint density at radius 3 is 2.35 bits per heavy atom. The maximum absolute atomic E-state index is 12.8. The number of rotatable bonds is 6. The highest BCUT2D eigenvalue weighted by molar-refractivity contribution is 7.89. The molecular formula is C20H23N7O3S. The molecule has 0 radical (unpaired) electrons. The average Bonchev–Trinajstić information content (AvgIpc) is 3.23. The Labute approximate surface area is 180 Å². The lowest BCUT2D eigenvalue weighted by atomic mass is 10.2. The zero-order valence-corrected chi connectivity index (χ0v) is 17.9. The van der Waals surface area contributed by atoms with Gasteiger partial charge in [-0.3, -0.25) is 4.79 Å². The van der Waals surface area contributed by atoms with E-state index in [9.17, 15) is 13.2 Å². The Kier molecular flexibility index (Phi) is 6.07. The molecule has 10 nitrogen and oxygen atoms in total. The Hall–Kier alpha value is -3.15. The minimum absolute atomic E-state index is 0.110. The van der Waals surface area contributed by atoms with Gasteiger partial charge in [-0.15, -0.1) is 10.2 Å². The molecular weight excluding hydrogens is 418 g/mol. The Balaban J connectivity index is 1.37. The fourth-order valence-corrected chi connectivity index (χ4v) is 4.65. The van der Waals surface area contributed by atoms with Crippen molar-refractivity contribution in [2.75, 3.05) is 38.5 Å². The van der Waals surface area contributed by atoms with Crippen LogP contribution in [0.5, 0.6) is 0 Å². The standard InChI is InChI=1S/C20H23N7O3S/c1-25-11-13-26(14-12-25)31(29,30)18-9-7-17(8-10-18)21-19(28)15-27-23-20(22-24-27)16-5-3-2-4-6-16/h2-10H,11-15H2,1H3,(H,21,28). The quantitative estimate of drug-likeness (QED) is 0.605. The summed E-state index contributed by atoms with van der Waals surface area (Å²) in [4.78, 5) is 15.8. The second kappa shape index (κ2) is 8.92. The van der Waals surface area contributed by atoms with Crippen LogP contribution in [0, 0.1) is 0 Å². The fraction of sp³-hybridized carbons (Fsp3) is 0.300. The first kappa shape index (κ1) is 21.1. The van der Waals surface area contributed by atoms with Crippen LogP contribution in [0.1, 0.15) is 0 Å². The van der Waals surface area contributed by atoms with Crippen molar-refractivity contribution in [3.8, 4) is 11.4 Å². The number of nitrogens with zero attached hydrogens (tertiary/aromatic N) is 6. The summed E-state index contributed by atoms with van der Waals surface area (Å²) in [6.07, 6.45) is 0. The molecule has 4 rings (SSSR count). The molecule has 1 saturated heterocycles. The fourth-order valence-electron chi connectivity index (χ4n) is 3.23. The number of sulfonamides is 1. The summed E-state index contributed by atoms with van der Waals surface area (Å²) in [5.41, 5.74) is 1.30. The number of hydrogen-bond acceptors (Lipinski definition) is 7. The molecule has 0 unspecified atom stereocenters. The SMILES string of the molecule is CN1CCN(S(=O)(=O)c2ccc(NC(=O)Cn3nnc(-c4ccccc4)n3)cc2)CC1. The van der Waals surface area contributed by atoms with E-state index in [1.165, 1.54) is 21.2 Å². The normalized spacial score (nSPS) is 15.6. The van der Waals surface area contributed by atoms with E-state index in [-0.39, 0.29) is 17.3 Å². The van der Waals surface area contributed by atoms with Gasteiger partial charge in [0.1, 0.15) is 6.54 Å². The summed E-state index contributed by atoms with van der Waals surface area (Å²) in [5.74, 6) is 0.0959. The predicted octanol–water partition coefficient (Wildman–Crippen LogP) is 0.915. The van der Waals surface area contributed by atoms with Gasteiger partial charge in [0.25, 0.3) is 0 Å². The summed E-state index contributed by atoms with van der Waals surface area (Å²) >= 11 is 0. The van der Waals surface area contributed by atoms with Crippen LogP contribution in [0.3, 0.4) is 0 Å². The highest BCUT2D eigenvalue weighted by Gasteiger charge is 2.27. The maximum Gasteiger partial charge on any atom is 0.248 e. The summed E-state index contributed by atoms with van der Waals surface area (Å²) in [5, 5.41) is 14.8. The van der Waals surface area contributed by atoms with Gasteiger partial charge in [-0.25, -0.2) is 8.42 Å². The van der Waals surface area contributed by atoms with Crippen LogP contribution in [-0.2, 0) is 21.4 Å². The molecule has 1 aliphatic heterocycles. The number of hydrogen-bond donors (Lipinski definition) is 1. The number of aromatic nitrogens is 4. The first-order valence-corrected chi connectivity index (χ1v) is 11.3. The second-order valence-electron chi connectivity index (χ2n) is 7.29. The molecule has 2 heterocycles. The summed E-state index contributed by atoms with van der Waals surface area (Å²) < 4.78 is 27.0. The van der Waals surface area contributed by atoms with E-state index in [1.807, 2.05) is 37.4 Å². The third-order valence-electron chi connectivity index (χ3n) is 5.01. The number of anilines is 1. The van der Waals surface area contributed by atoms with Crippen LogP contribution in [-0.4, -0.2) is 77.0 Å². The molecule has 31 heavy (non-hydrogen) atoms. The third-order valence-corrected chi connectivity index (χ3v) is 6.92. The first-order chi connectivity index (χ1) is 14.9. The van der Waals surface area contributed by atoms with E-state index >= 15 is 0 Å². The van der Waals surface area contributed by atoms with Crippen molar-refractivity contribution in [2.45, 2.75) is 11.4 Å². The molecule has 162 valence electrons. The lowest BCUT2D eigenvalue weighted by molar-refractivity contribution is -0.117. The number of nitrogens with one attached hydrogen (secondary N) is 1. The molecule has 0 aliphatic carbocycles. The van der Waals surface area contributed by atoms with E-state index in [1.54, 1.807) is 12.1 Å². The molecule has 0 saturated carbocycles. The summed E-state index contributed by atoms with van der Waals surface area (Å²) in [6, 6.07) is 15.5. The third kappa shape index (κ3) is 4.95. The highest BCUT2D eigenvalue weighted by atomic mass is 32.2. The molecule has 1 aromatic heterocycles. The molecule has 0 spiro atoms. The number of amides is 1. The molecule has 2 aromatic carbocycles. The Morgan fingerprint density at radius 2 is 1.68 bits per heavy atom. The van der Waals surface area contributed by atoms with Gasteiger partial charge in [-0.2, -0.15) is 9.10 Å². The Bertz CT molecular complexity index is 1140.